The van der Waals surface area contributed by atoms with Crippen LogP contribution in [0.25, 0.3) is 0 Å². The van der Waals surface area contributed by atoms with Gasteiger partial charge in [0, 0.05) is 11.7 Å². The van der Waals surface area contributed by atoms with E-state index in [4.69, 9.17) is 0 Å². The number of rotatable bonds is 4. The van der Waals surface area contributed by atoms with Crippen molar-refractivity contribution in [2.24, 2.45) is 0 Å². The summed E-state index contributed by atoms with van der Waals surface area (Å²) in [6.45, 7) is 4.18. The van der Waals surface area contributed by atoms with Crippen LogP contribution in [0.5, 0.6) is 0 Å². The number of hydrogen-bond acceptors (Lipinski definition) is 3. The average Bonchev–Trinajstić information content (AvgIpc) is 2.72. The molecule has 1 aliphatic rings. The summed E-state index contributed by atoms with van der Waals surface area (Å²) in [5.41, 5.74) is 2.53. The summed E-state index contributed by atoms with van der Waals surface area (Å²) in [7, 11) is 0. The molecule has 1 amide bonds. The minimum Gasteiger partial charge on any atom is -0.361 e. The molecule has 0 atom stereocenters. The maximum absolute atomic E-state index is 11.5. The van der Waals surface area contributed by atoms with Crippen LogP contribution >= 0.6 is 0 Å². The molecule has 0 radical (unpaired) electrons. The topological polar surface area (TPSA) is 54.0 Å². The summed E-state index contributed by atoms with van der Waals surface area (Å²) in [6.07, 6.45) is 3.39. The zero-order valence-electron chi connectivity index (χ0n) is 10.4. The largest absolute Gasteiger partial charge is 0.361 e. The van der Waals surface area contributed by atoms with Gasteiger partial charge in [0.25, 0.3) is 0 Å². The molecule has 0 aromatic carbocycles. The number of fused-ring (bicyclic) bond motifs is 1. The Balaban J connectivity index is 1.89. The first kappa shape index (κ1) is 11.9. The van der Waals surface area contributed by atoms with Gasteiger partial charge in [-0.2, -0.15) is 0 Å². The Kier molecular flexibility index (Phi) is 3.61. The molecule has 4 nitrogen and oxygen atoms in total. The number of aromatic nitrogens is 1. The Bertz CT molecular complexity index is 415. The van der Waals surface area contributed by atoms with Gasteiger partial charge >= 0.3 is 0 Å². The molecule has 1 aliphatic carbocycles. The summed E-state index contributed by atoms with van der Waals surface area (Å²) in [5.74, 6) is 0.798. The number of amides is 1. The highest BCUT2D eigenvalue weighted by molar-refractivity contribution is 5.80. The monoisotopic (exact) mass is 233 g/mol. The van der Waals surface area contributed by atoms with Crippen LogP contribution in [0.4, 0.5) is 5.82 Å². The van der Waals surface area contributed by atoms with Crippen LogP contribution in [-0.2, 0) is 17.6 Å². The lowest BCUT2D eigenvalue weighted by Gasteiger charge is -2.10. The SMILES string of the molecule is CC(C)NC(=O)CNc1ccc2c(n1)CCC2. The fourth-order valence-electron chi connectivity index (χ4n) is 2.06. The molecule has 2 N–H and O–H groups in total. The molecule has 17 heavy (non-hydrogen) atoms. The van der Waals surface area contributed by atoms with E-state index in [-0.39, 0.29) is 18.5 Å². The van der Waals surface area contributed by atoms with Crippen molar-refractivity contribution in [1.29, 1.82) is 0 Å². The molecule has 0 fully saturated rings. The minimum absolute atomic E-state index is 0.00213. The first-order chi connectivity index (χ1) is 8.15. The van der Waals surface area contributed by atoms with E-state index < -0.39 is 0 Å². The molecule has 92 valence electrons. The summed E-state index contributed by atoms with van der Waals surface area (Å²) in [5, 5.41) is 5.89. The van der Waals surface area contributed by atoms with Gasteiger partial charge in [0.15, 0.2) is 0 Å². The van der Waals surface area contributed by atoms with Crippen molar-refractivity contribution < 1.29 is 4.79 Å². The molecule has 1 aromatic rings. The third kappa shape index (κ3) is 3.19. The maximum atomic E-state index is 11.5. The van der Waals surface area contributed by atoms with Gasteiger partial charge in [-0.3, -0.25) is 4.79 Å². The van der Waals surface area contributed by atoms with Crippen molar-refractivity contribution in [2.75, 3.05) is 11.9 Å². The second-order valence-corrected chi connectivity index (χ2v) is 4.73. The molecular weight excluding hydrogens is 214 g/mol. The van der Waals surface area contributed by atoms with E-state index >= 15 is 0 Å². The standard InChI is InChI=1S/C13H19N3O/c1-9(2)15-13(17)8-14-12-7-6-10-4-3-5-11(10)16-12/h6-7,9H,3-5,8H2,1-2H3,(H,14,16)(H,15,17). The van der Waals surface area contributed by atoms with E-state index in [1.165, 1.54) is 17.7 Å². The number of carbonyl (C=O) groups excluding carboxylic acids is 1. The van der Waals surface area contributed by atoms with Crippen LogP contribution < -0.4 is 10.6 Å². The van der Waals surface area contributed by atoms with Crippen LogP contribution in [-0.4, -0.2) is 23.5 Å². The van der Waals surface area contributed by atoms with E-state index in [0.717, 1.165) is 18.7 Å². The quantitative estimate of drug-likeness (QED) is 0.828. The number of nitrogens with zero attached hydrogens (tertiary/aromatic N) is 1. The molecule has 0 bridgehead atoms. The van der Waals surface area contributed by atoms with Crippen LogP contribution in [0, 0.1) is 0 Å². The second-order valence-electron chi connectivity index (χ2n) is 4.73. The number of carbonyl (C=O) groups is 1. The average molecular weight is 233 g/mol. The van der Waals surface area contributed by atoms with Crippen molar-refractivity contribution >= 4 is 11.7 Å². The summed E-state index contributed by atoms with van der Waals surface area (Å²) in [4.78, 5) is 16.0. The lowest BCUT2D eigenvalue weighted by molar-refractivity contribution is -0.119. The normalized spacial score (nSPS) is 13.6. The molecule has 0 saturated heterocycles. The third-order valence-corrected chi connectivity index (χ3v) is 2.81. The molecule has 2 rings (SSSR count). The Hall–Kier alpha value is -1.58. The molecule has 1 aromatic heterocycles. The summed E-state index contributed by atoms with van der Waals surface area (Å²) < 4.78 is 0. The second kappa shape index (κ2) is 5.17. The predicted molar refractivity (Wildman–Crippen MR) is 68.0 cm³/mol. The lowest BCUT2D eigenvalue weighted by Crippen LogP contribution is -2.34. The Morgan fingerprint density at radius 1 is 1.41 bits per heavy atom. The maximum Gasteiger partial charge on any atom is 0.239 e. The Morgan fingerprint density at radius 3 is 3.00 bits per heavy atom. The summed E-state index contributed by atoms with van der Waals surface area (Å²) in [6, 6.07) is 4.24. The Morgan fingerprint density at radius 2 is 2.24 bits per heavy atom. The van der Waals surface area contributed by atoms with Gasteiger partial charge in [-0.1, -0.05) is 6.07 Å². The van der Waals surface area contributed by atoms with E-state index in [1.54, 1.807) is 0 Å². The van der Waals surface area contributed by atoms with Gasteiger partial charge in [-0.25, -0.2) is 4.98 Å². The number of hydrogen-bond donors (Lipinski definition) is 2. The lowest BCUT2D eigenvalue weighted by atomic mass is 10.2. The molecule has 0 saturated carbocycles. The number of pyridine rings is 1. The zero-order valence-corrected chi connectivity index (χ0v) is 10.4. The van der Waals surface area contributed by atoms with Gasteiger partial charge in [0.1, 0.15) is 5.82 Å². The third-order valence-electron chi connectivity index (χ3n) is 2.81. The van der Waals surface area contributed by atoms with Crippen molar-refractivity contribution in [3.63, 3.8) is 0 Å². The highest BCUT2D eigenvalue weighted by Crippen LogP contribution is 2.21. The van der Waals surface area contributed by atoms with Crippen molar-refractivity contribution in [1.82, 2.24) is 10.3 Å². The van der Waals surface area contributed by atoms with Gasteiger partial charge in [-0.05, 0) is 44.7 Å². The van der Waals surface area contributed by atoms with Crippen molar-refractivity contribution in [3.05, 3.63) is 23.4 Å². The molecule has 0 unspecified atom stereocenters. The fraction of sp³-hybridized carbons (Fsp3) is 0.538. The van der Waals surface area contributed by atoms with Crippen molar-refractivity contribution in [3.8, 4) is 0 Å². The Labute approximate surface area is 102 Å². The van der Waals surface area contributed by atoms with E-state index in [1.807, 2.05) is 19.9 Å². The number of anilines is 1. The molecule has 0 aliphatic heterocycles. The smallest absolute Gasteiger partial charge is 0.239 e. The van der Waals surface area contributed by atoms with Crippen LogP contribution in [0.3, 0.4) is 0 Å². The van der Waals surface area contributed by atoms with Gasteiger partial charge in [0.05, 0.1) is 6.54 Å². The van der Waals surface area contributed by atoms with Crippen molar-refractivity contribution in [2.45, 2.75) is 39.2 Å². The predicted octanol–water partition coefficient (Wildman–Crippen LogP) is 1.51. The van der Waals surface area contributed by atoms with Crippen LogP contribution in [0.15, 0.2) is 12.1 Å². The number of aryl methyl sites for hydroxylation is 2. The first-order valence-electron chi connectivity index (χ1n) is 6.17. The highest BCUT2D eigenvalue weighted by atomic mass is 16.1. The van der Waals surface area contributed by atoms with E-state index in [2.05, 4.69) is 21.7 Å². The van der Waals surface area contributed by atoms with E-state index in [9.17, 15) is 4.79 Å². The van der Waals surface area contributed by atoms with Crippen LogP contribution in [0.2, 0.25) is 0 Å². The molecule has 0 spiro atoms. The zero-order chi connectivity index (χ0) is 12.3. The molecule has 4 heteroatoms. The van der Waals surface area contributed by atoms with Crippen LogP contribution in [0.1, 0.15) is 31.5 Å². The first-order valence-corrected chi connectivity index (χ1v) is 6.17. The minimum atomic E-state index is 0.00213. The van der Waals surface area contributed by atoms with Gasteiger partial charge in [0.2, 0.25) is 5.91 Å². The van der Waals surface area contributed by atoms with Gasteiger partial charge in [-0.15, -0.1) is 0 Å². The van der Waals surface area contributed by atoms with Gasteiger partial charge < -0.3 is 10.6 Å². The molecular formula is C13H19N3O. The fourth-order valence-corrected chi connectivity index (χ4v) is 2.06. The van der Waals surface area contributed by atoms with E-state index in [0.29, 0.717) is 0 Å². The highest BCUT2D eigenvalue weighted by Gasteiger charge is 2.12. The molecule has 1 heterocycles. The number of nitrogens with one attached hydrogen (secondary N) is 2. The summed E-state index contributed by atoms with van der Waals surface area (Å²) >= 11 is 0.